The van der Waals surface area contributed by atoms with Gasteiger partial charge in [-0.3, -0.25) is 0 Å². The summed E-state index contributed by atoms with van der Waals surface area (Å²) >= 11 is 0. The van der Waals surface area contributed by atoms with Gasteiger partial charge in [-0.2, -0.15) is 0 Å². The van der Waals surface area contributed by atoms with Crippen molar-refractivity contribution in [1.82, 2.24) is 5.32 Å². The molecule has 0 unspecified atom stereocenters. The van der Waals surface area contributed by atoms with Gasteiger partial charge in [-0.25, -0.2) is 8.78 Å². The summed E-state index contributed by atoms with van der Waals surface area (Å²) in [5.74, 6) is 0. The van der Waals surface area contributed by atoms with Crippen molar-refractivity contribution in [3.63, 3.8) is 0 Å². The first-order valence-electron chi connectivity index (χ1n) is 6.73. The van der Waals surface area contributed by atoms with Gasteiger partial charge in [0.05, 0.1) is 0 Å². The maximum atomic E-state index is 12.5. The van der Waals surface area contributed by atoms with Crippen LogP contribution in [0.2, 0.25) is 0 Å². The van der Waals surface area contributed by atoms with E-state index in [0.29, 0.717) is 6.54 Å². The summed E-state index contributed by atoms with van der Waals surface area (Å²) in [5, 5.41) is 3.40. The second-order valence-electron chi connectivity index (χ2n) is 5.06. The van der Waals surface area contributed by atoms with Crippen LogP contribution in [0, 0.1) is 6.92 Å². The molecule has 0 amide bonds. The number of rotatable bonds is 5. The fourth-order valence-electron chi connectivity index (χ4n) is 2.11. The lowest BCUT2D eigenvalue weighted by atomic mass is 10.1. The van der Waals surface area contributed by atoms with Gasteiger partial charge in [-0.15, -0.1) is 0 Å². The van der Waals surface area contributed by atoms with E-state index in [0.717, 1.165) is 5.56 Å². The smallest absolute Gasteiger partial charge is 0.263 e. The average molecular weight is 275 g/mol. The summed E-state index contributed by atoms with van der Waals surface area (Å²) in [6.07, 6.45) is -2.40. The Labute approximate surface area is 118 Å². The zero-order valence-corrected chi connectivity index (χ0v) is 11.7. The van der Waals surface area contributed by atoms with E-state index in [1.54, 1.807) is 12.1 Å². The van der Waals surface area contributed by atoms with Crippen LogP contribution < -0.4 is 5.32 Å². The van der Waals surface area contributed by atoms with E-state index in [2.05, 4.69) is 37.4 Å². The van der Waals surface area contributed by atoms with Gasteiger partial charge in [-0.1, -0.05) is 54.1 Å². The molecule has 1 nitrogen and oxygen atoms in total. The summed E-state index contributed by atoms with van der Waals surface area (Å²) in [6.45, 7) is 4.83. The Morgan fingerprint density at radius 1 is 1.00 bits per heavy atom. The van der Waals surface area contributed by atoms with E-state index < -0.39 is 6.43 Å². The Hall–Kier alpha value is -1.74. The second-order valence-corrected chi connectivity index (χ2v) is 5.06. The Kier molecular flexibility index (Phi) is 4.85. The third-order valence-electron chi connectivity index (χ3n) is 3.39. The Morgan fingerprint density at radius 3 is 2.30 bits per heavy atom. The predicted molar refractivity (Wildman–Crippen MR) is 77.8 cm³/mol. The van der Waals surface area contributed by atoms with Crippen molar-refractivity contribution in [1.29, 1.82) is 0 Å². The molecular weight excluding hydrogens is 256 g/mol. The largest absolute Gasteiger partial charge is 0.306 e. The lowest BCUT2D eigenvalue weighted by Gasteiger charge is -2.15. The molecule has 3 heteroatoms. The SMILES string of the molecule is Cc1cccc([C@H](C)NCc2ccc(C(F)F)cc2)c1. The van der Waals surface area contributed by atoms with E-state index in [4.69, 9.17) is 0 Å². The molecule has 1 N–H and O–H groups in total. The van der Waals surface area contributed by atoms with Gasteiger partial charge >= 0.3 is 0 Å². The Balaban J connectivity index is 1.94. The van der Waals surface area contributed by atoms with Gasteiger partial charge in [0.1, 0.15) is 0 Å². The molecule has 2 rings (SSSR count). The lowest BCUT2D eigenvalue weighted by molar-refractivity contribution is 0.151. The van der Waals surface area contributed by atoms with Crippen molar-refractivity contribution in [2.24, 2.45) is 0 Å². The summed E-state index contributed by atoms with van der Waals surface area (Å²) in [7, 11) is 0. The molecule has 1 atom stereocenters. The number of hydrogen-bond donors (Lipinski definition) is 1. The van der Waals surface area contributed by atoms with Gasteiger partial charge in [0.25, 0.3) is 6.43 Å². The van der Waals surface area contributed by atoms with E-state index in [1.807, 2.05) is 6.07 Å². The van der Waals surface area contributed by atoms with Crippen molar-refractivity contribution in [3.8, 4) is 0 Å². The van der Waals surface area contributed by atoms with E-state index in [1.165, 1.54) is 23.3 Å². The van der Waals surface area contributed by atoms with Gasteiger partial charge in [0.2, 0.25) is 0 Å². The molecule has 0 spiro atoms. The first-order chi connectivity index (χ1) is 9.56. The van der Waals surface area contributed by atoms with Crippen LogP contribution in [0.5, 0.6) is 0 Å². The van der Waals surface area contributed by atoms with Crippen molar-refractivity contribution in [3.05, 3.63) is 70.8 Å². The monoisotopic (exact) mass is 275 g/mol. The van der Waals surface area contributed by atoms with Gasteiger partial charge in [0.15, 0.2) is 0 Å². The Bertz CT molecular complexity index is 549. The first-order valence-corrected chi connectivity index (χ1v) is 6.73. The number of alkyl halides is 2. The standard InChI is InChI=1S/C17H19F2N/c1-12-4-3-5-16(10-12)13(2)20-11-14-6-8-15(9-7-14)17(18)19/h3-10,13,17,20H,11H2,1-2H3/t13-/m0/s1. The average Bonchev–Trinajstić information content (AvgIpc) is 2.45. The molecule has 0 radical (unpaired) electrons. The number of nitrogens with one attached hydrogen (secondary N) is 1. The van der Waals surface area contributed by atoms with Crippen molar-refractivity contribution < 1.29 is 8.78 Å². The first kappa shape index (κ1) is 14.7. The molecule has 106 valence electrons. The van der Waals surface area contributed by atoms with Gasteiger partial charge in [0, 0.05) is 18.2 Å². The van der Waals surface area contributed by atoms with Crippen LogP contribution in [0.4, 0.5) is 8.78 Å². The minimum absolute atomic E-state index is 0.0699. The number of benzene rings is 2. The highest BCUT2D eigenvalue weighted by Gasteiger charge is 2.07. The highest BCUT2D eigenvalue weighted by atomic mass is 19.3. The highest BCUT2D eigenvalue weighted by molar-refractivity contribution is 5.26. The van der Waals surface area contributed by atoms with E-state index in [-0.39, 0.29) is 11.6 Å². The fourth-order valence-corrected chi connectivity index (χ4v) is 2.11. The van der Waals surface area contributed by atoms with Crippen LogP contribution in [-0.2, 0) is 6.54 Å². The zero-order chi connectivity index (χ0) is 14.5. The van der Waals surface area contributed by atoms with Gasteiger partial charge in [-0.05, 0) is 25.0 Å². The van der Waals surface area contributed by atoms with Crippen LogP contribution in [0.3, 0.4) is 0 Å². The number of hydrogen-bond acceptors (Lipinski definition) is 1. The fraction of sp³-hybridized carbons (Fsp3) is 0.294. The van der Waals surface area contributed by atoms with Crippen molar-refractivity contribution >= 4 is 0 Å². The van der Waals surface area contributed by atoms with Crippen LogP contribution in [0.25, 0.3) is 0 Å². The van der Waals surface area contributed by atoms with Gasteiger partial charge < -0.3 is 5.32 Å². The molecule has 0 fully saturated rings. The maximum Gasteiger partial charge on any atom is 0.263 e. The number of halogens is 2. The Morgan fingerprint density at radius 2 is 1.70 bits per heavy atom. The summed E-state index contributed by atoms with van der Waals surface area (Å²) in [6, 6.07) is 15.0. The summed E-state index contributed by atoms with van der Waals surface area (Å²) in [5.41, 5.74) is 3.54. The van der Waals surface area contributed by atoms with Crippen LogP contribution in [0.15, 0.2) is 48.5 Å². The summed E-state index contributed by atoms with van der Waals surface area (Å²) < 4.78 is 24.9. The molecule has 0 aliphatic heterocycles. The van der Waals surface area contributed by atoms with Crippen molar-refractivity contribution in [2.75, 3.05) is 0 Å². The molecule has 0 heterocycles. The number of aryl methyl sites for hydroxylation is 1. The van der Waals surface area contributed by atoms with Crippen LogP contribution in [-0.4, -0.2) is 0 Å². The second kappa shape index (κ2) is 6.62. The zero-order valence-electron chi connectivity index (χ0n) is 11.7. The molecule has 0 bridgehead atoms. The van der Waals surface area contributed by atoms with E-state index >= 15 is 0 Å². The predicted octanol–water partition coefficient (Wildman–Crippen LogP) is 4.78. The highest BCUT2D eigenvalue weighted by Crippen LogP contribution is 2.19. The quantitative estimate of drug-likeness (QED) is 0.827. The molecule has 0 aliphatic rings. The molecule has 2 aromatic carbocycles. The molecule has 0 saturated heterocycles. The topological polar surface area (TPSA) is 12.0 Å². The van der Waals surface area contributed by atoms with Crippen LogP contribution >= 0.6 is 0 Å². The minimum atomic E-state index is -2.40. The third kappa shape index (κ3) is 3.87. The molecular formula is C17H19F2N. The normalized spacial score (nSPS) is 12.7. The molecule has 2 aromatic rings. The van der Waals surface area contributed by atoms with E-state index in [9.17, 15) is 8.78 Å². The maximum absolute atomic E-state index is 12.5. The summed E-state index contributed by atoms with van der Waals surface area (Å²) in [4.78, 5) is 0. The molecule has 20 heavy (non-hydrogen) atoms. The minimum Gasteiger partial charge on any atom is -0.306 e. The lowest BCUT2D eigenvalue weighted by Crippen LogP contribution is -2.18. The molecule has 0 aromatic heterocycles. The van der Waals surface area contributed by atoms with Crippen LogP contribution in [0.1, 0.15) is 41.6 Å². The van der Waals surface area contributed by atoms with Crippen molar-refractivity contribution in [2.45, 2.75) is 32.9 Å². The third-order valence-corrected chi connectivity index (χ3v) is 3.39. The molecule has 0 saturated carbocycles. The molecule has 0 aliphatic carbocycles.